The zero-order chi connectivity index (χ0) is 33.7. The summed E-state index contributed by atoms with van der Waals surface area (Å²) in [5.74, 6) is 0.101. The van der Waals surface area contributed by atoms with Crippen LogP contribution in [0.25, 0.3) is 16.9 Å². The molecule has 0 aromatic carbocycles. The van der Waals surface area contributed by atoms with E-state index in [1.165, 1.54) is 7.05 Å². The number of ketones is 1. The largest absolute Gasteiger partial charge is 0.417 e. The number of carbonyl (C=O) groups is 3. The van der Waals surface area contributed by atoms with Gasteiger partial charge in [-0.2, -0.15) is 13.2 Å². The van der Waals surface area contributed by atoms with Crippen molar-refractivity contribution in [3.05, 3.63) is 47.3 Å². The van der Waals surface area contributed by atoms with E-state index in [2.05, 4.69) is 35.5 Å². The molecule has 2 aliphatic heterocycles. The average Bonchev–Trinajstić information content (AvgIpc) is 3.45. The molecule has 0 aliphatic carbocycles. The number of pyridine rings is 1. The molecule has 2 saturated heterocycles. The van der Waals surface area contributed by atoms with Crippen LogP contribution >= 0.6 is 0 Å². The molecule has 3 amide bonds. The van der Waals surface area contributed by atoms with Crippen molar-refractivity contribution in [2.45, 2.75) is 58.7 Å². The Morgan fingerprint density at radius 1 is 0.979 bits per heavy atom. The summed E-state index contributed by atoms with van der Waals surface area (Å²) in [4.78, 5) is 51.2. The summed E-state index contributed by atoms with van der Waals surface area (Å²) in [6.07, 6.45) is 2.99. The van der Waals surface area contributed by atoms with Gasteiger partial charge < -0.3 is 15.1 Å². The van der Waals surface area contributed by atoms with E-state index in [1.54, 1.807) is 15.5 Å². The molecule has 0 bridgehead atoms. The van der Waals surface area contributed by atoms with Gasteiger partial charge in [-0.25, -0.2) is 19.3 Å². The summed E-state index contributed by atoms with van der Waals surface area (Å²) in [6, 6.07) is 2.06. The maximum Gasteiger partial charge on any atom is 0.417 e. The molecule has 2 N–H and O–H groups in total. The second-order valence-corrected chi connectivity index (χ2v) is 12.1. The number of anilines is 2. The molecule has 0 spiro atoms. The highest BCUT2D eigenvalue weighted by atomic mass is 19.4. The van der Waals surface area contributed by atoms with Crippen LogP contribution in [0.15, 0.2) is 36.2 Å². The van der Waals surface area contributed by atoms with Crippen LogP contribution in [0, 0.1) is 0 Å². The molecule has 2 aliphatic rings. The Labute approximate surface area is 271 Å². The van der Waals surface area contributed by atoms with Crippen LogP contribution in [0.2, 0.25) is 0 Å². The number of nitrogens with one attached hydrogen (secondary N) is 2. The van der Waals surface area contributed by atoms with Crippen LogP contribution in [0.1, 0.15) is 57.1 Å². The number of aromatic nitrogens is 4. The van der Waals surface area contributed by atoms with Gasteiger partial charge in [0.05, 0.1) is 11.1 Å². The highest BCUT2D eigenvalue weighted by molar-refractivity contribution is 5.93. The number of amides is 3. The number of nitrogens with zero attached hydrogens (tertiary/aromatic N) is 7. The van der Waals surface area contributed by atoms with Gasteiger partial charge in [0.25, 0.3) is 0 Å². The van der Waals surface area contributed by atoms with Gasteiger partial charge in [-0.15, -0.1) is 5.10 Å². The Balaban J connectivity index is 1.38. The number of allylic oxidation sites excluding steroid dienone is 2. The maximum absolute atomic E-state index is 14.3. The molecule has 0 radical (unpaired) electrons. The van der Waals surface area contributed by atoms with E-state index in [4.69, 9.17) is 0 Å². The normalized spacial score (nSPS) is 15.9. The Morgan fingerprint density at radius 2 is 1.70 bits per heavy atom. The van der Waals surface area contributed by atoms with Crippen molar-refractivity contribution in [3.63, 3.8) is 0 Å². The van der Waals surface area contributed by atoms with Crippen LogP contribution < -0.4 is 15.5 Å². The predicted molar refractivity (Wildman–Crippen MR) is 171 cm³/mol. The molecule has 5 heterocycles. The molecular formula is C32H40F3N9O3. The number of hydrogen-bond acceptors (Lipinski definition) is 8. The van der Waals surface area contributed by atoms with Gasteiger partial charge in [0, 0.05) is 78.1 Å². The summed E-state index contributed by atoms with van der Waals surface area (Å²) in [5.41, 5.74) is 1.22. The number of urea groups is 1. The van der Waals surface area contributed by atoms with Crippen molar-refractivity contribution in [2.24, 2.45) is 0 Å². The zero-order valence-electron chi connectivity index (χ0n) is 26.9. The zero-order valence-corrected chi connectivity index (χ0v) is 26.9. The minimum absolute atomic E-state index is 0.0334. The highest BCUT2D eigenvalue weighted by Crippen LogP contribution is 2.38. The van der Waals surface area contributed by atoms with Crippen LogP contribution in [0.3, 0.4) is 0 Å². The highest BCUT2D eigenvalue weighted by Gasteiger charge is 2.36. The Hall–Kier alpha value is -4.53. The summed E-state index contributed by atoms with van der Waals surface area (Å²) < 4.78 is 44.5. The van der Waals surface area contributed by atoms with Gasteiger partial charge in [-0.05, 0) is 56.9 Å². The molecule has 0 atom stereocenters. The molecule has 15 heteroatoms. The van der Waals surface area contributed by atoms with Crippen molar-refractivity contribution >= 4 is 34.9 Å². The van der Waals surface area contributed by atoms with Crippen LogP contribution in [-0.2, 0) is 22.3 Å². The molecule has 252 valence electrons. The van der Waals surface area contributed by atoms with Gasteiger partial charge in [0.15, 0.2) is 17.4 Å². The van der Waals surface area contributed by atoms with Crippen molar-refractivity contribution < 1.29 is 27.6 Å². The fraction of sp³-hybridized carbons (Fsp3) is 0.500. The third-order valence-electron chi connectivity index (χ3n) is 8.24. The first-order valence-electron chi connectivity index (χ1n) is 15.8. The smallest absolute Gasteiger partial charge is 0.355 e. The van der Waals surface area contributed by atoms with E-state index in [9.17, 15) is 27.6 Å². The fourth-order valence-corrected chi connectivity index (χ4v) is 5.89. The van der Waals surface area contributed by atoms with Crippen molar-refractivity contribution in [3.8, 4) is 11.4 Å². The maximum atomic E-state index is 14.3. The van der Waals surface area contributed by atoms with E-state index < -0.39 is 17.8 Å². The van der Waals surface area contributed by atoms with E-state index in [1.807, 2.05) is 26.1 Å². The third kappa shape index (κ3) is 8.44. The summed E-state index contributed by atoms with van der Waals surface area (Å²) in [5, 5.41) is 9.10. The number of alkyl halides is 3. The third-order valence-corrected chi connectivity index (χ3v) is 8.24. The fourth-order valence-electron chi connectivity index (χ4n) is 5.89. The molecule has 3 aromatic heterocycles. The van der Waals surface area contributed by atoms with Gasteiger partial charge in [-0.3, -0.25) is 19.8 Å². The molecule has 12 nitrogen and oxygen atoms in total. The topological polar surface area (TPSA) is 128 Å². The number of piperidine rings is 1. The van der Waals surface area contributed by atoms with Gasteiger partial charge in [0.2, 0.25) is 5.91 Å². The van der Waals surface area contributed by atoms with Crippen molar-refractivity contribution in [2.75, 3.05) is 56.5 Å². The lowest BCUT2D eigenvalue weighted by Gasteiger charge is -2.34. The Morgan fingerprint density at radius 3 is 2.36 bits per heavy atom. The number of rotatable bonds is 9. The lowest BCUT2D eigenvalue weighted by molar-refractivity contribution is -0.137. The number of fused-ring (bicyclic) bond motifs is 1. The van der Waals surface area contributed by atoms with Gasteiger partial charge in [0.1, 0.15) is 11.3 Å². The van der Waals surface area contributed by atoms with Gasteiger partial charge >= 0.3 is 12.2 Å². The number of halogens is 3. The van der Waals surface area contributed by atoms with E-state index >= 15 is 0 Å². The Bertz CT molecular complexity index is 1650. The quantitative estimate of drug-likeness (QED) is 0.323. The van der Waals surface area contributed by atoms with E-state index in [0.29, 0.717) is 44.1 Å². The van der Waals surface area contributed by atoms with Crippen LogP contribution in [0.5, 0.6) is 0 Å². The molecule has 0 saturated carbocycles. The lowest BCUT2D eigenvalue weighted by Crippen LogP contribution is -2.48. The molecule has 5 rings (SSSR count). The van der Waals surface area contributed by atoms with Crippen molar-refractivity contribution in [1.29, 1.82) is 0 Å². The van der Waals surface area contributed by atoms with Crippen molar-refractivity contribution in [1.82, 2.24) is 34.7 Å². The standard InChI is InChI=1S/C32H40F3N9O3/c1-21(2)15-23(45)7-8-28(46)42-13-11-41(12-14-42)19-22-16-26-30(43-9-5-4-6-10-43)39-29(40-44(26)20-22)24-18-37-27(38-31(47)36-3)17-25(24)32(33,34)35/h15-18,20H,4-14,19H2,1-3H3,(H2,36,37,38,47). The monoisotopic (exact) mass is 655 g/mol. The minimum atomic E-state index is -4.76. The first-order chi connectivity index (χ1) is 22.4. The van der Waals surface area contributed by atoms with Gasteiger partial charge in [-0.1, -0.05) is 5.57 Å². The molecule has 0 unspecified atom stereocenters. The summed E-state index contributed by atoms with van der Waals surface area (Å²) >= 11 is 0. The Kier molecular flexibility index (Phi) is 10.4. The van der Waals surface area contributed by atoms with E-state index in [0.717, 1.165) is 55.8 Å². The molecular weight excluding hydrogens is 615 g/mol. The minimum Gasteiger partial charge on any atom is -0.355 e. The number of carbonyl (C=O) groups excluding carboxylic acids is 3. The number of piperazine rings is 1. The first kappa shape index (κ1) is 33.8. The van der Waals surface area contributed by atoms with E-state index in [-0.39, 0.29) is 41.7 Å². The van der Waals surface area contributed by atoms with Crippen LogP contribution in [-0.4, -0.2) is 93.4 Å². The molecule has 47 heavy (non-hydrogen) atoms. The predicted octanol–water partition coefficient (Wildman–Crippen LogP) is 4.51. The van der Waals surface area contributed by atoms with Crippen LogP contribution in [0.4, 0.5) is 29.6 Å². The average molecular weight is 656 g/mol. The summed E-state index contributed by atoms with van der Waals surface area (Å²) in [7, 11) is 1.35. The second-order valence-electron chi connectivity index (χ2n) is 12.1. The summed E-state index contributed by atoms with van der Waals surface area (Å²) in [6.45, 7) is 8.09. The molecule has 2 fully saturated rings. The lowest BCUT2D eigenvalue weighted by atomic mass is 10.1. The number of hydrogen-bond donors (Lipinski definition) is 2. The second kappa shape index (κ2) is 14.5. The molecule has 3 aromatic rings. The first-order valence-corrected chi connectivity index (χ1v) is 15.8. The SMILES string of the molecule is CNC(=O)Nc1cc(C(F)(F)F)c(-c2nc(N3CCCCC3)c3cc(CN4CCN(C(=O)CCC(=O)C=C(C)C)CC4)cn3n2)cn1.